The SMILES string of the molecule is O=C(NOC1CCCCC1)OCc1ccccc1. The Kier molecular flexibility index (Phi) is 5.02. The van der Waals surface area contributed by atoms with Crippen LogP contribution in [0.1, 0.15) is 37.7 Å². The smallest absolute Gasteiger partial charge is 0.431 e. The maximum Gasteiger partial charge on any atom is 0.431 e. The Morgan fingerprint density at radius 1 is 1.17 bits per heavy atom. The van der Waals surface area contributed by atoms with E-state index in [4.69, 9.17) is 9.57 Å². The molecular formula is C14H19NO3. The Balaban J connectivity index is 1.63. The molecule has 18 heavy (non-hydrogen) atoms. The van der Waals surface area contributed by atoms with E-state index >= 15 is 0 Å². The molecule has 2 rings (SSSR count). The molecule has 0 aliphatic heterocycles. The van der Waals surface area contributed by atoms with Gasteiger partial charge in [-0.05, 0) is 18.4 Å². The van der Waals surface area contributed by atoms with Gasteiger partial charge in [0.2, 0.25) is 0 Å². The van der Waals surface area contributed by atoms with Crippen molar-refractivity contribution >= 4 is 6.09 Å². The lowest BCUT2D eigenvalue weighted by molar-refractivity contribution is -0.0397. The summed E-state index contributed by atoms with van der Waals surface area (Å²) in [5, 5.41) is 0. The molecule has 0 atom stereocenters. The molecular weight excluding hydrogens is 230 g/mol. The van der Waals surface area contributed by atoms with Crippen molar-refractivity contribution in [3.8, 4) is 0 Å². The fourth-order valence-electron chi connectivity index (χ4n) is 2.07. The van der Waals surface area contributed by atoms with Crippen LogP contribution in [0.4, 0.5) is 4.79 Å². The first-order valence-corrected chi connectivity index (χ1v) is 6.47. The van der Waals surface area contributed by atoms with Crippen LogP contribution in [0.2, 0.25) is 0 Å². The summed E-state index contributed by atoms with van der Waals surface area (Å²) in [6.45, 7) is 0.265. The zero-order valence-corrected chi connectivity index (χ0v) is 10.4. The normalized spacial score (nSPS) is 16.2. The fourth-order valence-corrected chi connectivity index (χ4v) is 2.07. The predicted molar refractivity (Wildman–Crippen MR) is 67.7 cm³/mol. The topological polar surface area (TPSA) is 47.6 Å². The number of ether oxygens (including phenoxy) is 1. The number of hydrogen-bond donors (Lipinski definition) is 1. The van der Waals surface area contributed by atoms with E-state index in [2.05, 4.69) is 5.48 Å². The lowest BCUT2D eigenvalue weighted by Gasteiger charge is -2.21. The summed E-state index contributed by atoms with van der Waals surface area (Å²) >= 11 is 0. The molecule has 0 heterocycles. The molecule has 0 aromatic heterocycles. The van der Waals surface area contributed by atoms with E-state index in [0.717, 1.165) is 18.4 Å². The van der Waals surface area contributed by atoms with E-state index in [-0.39, 0.29) is 12.7 Å². The van der Waals surface area contributed by atoms with Gasteiger partial charge in [0.05, 0.1) is 6.10 Å². The van der Waals surface area contributed by atoms with Crippen molar-refractivity contribution in [2.75, 3.05) is 0 Å². The molecule has 4 heteroatoms. The van der Waals surface area contributed by atoms with Crippen molar-refractivity contribution in [3.63, 3.8) is 0 Å². The minimum absolute atomic E-state index is 0.142. The van der Waals surface area contributed by atoms with Crippen molar-refractivity contribution < 1.29 is 14.4 Å². The molecule has 0 bridgehead atoms. The molecule has 1 aliphatic carbocycles. The van der Waals surface area contributed by atoms with Gasteiger partial charge in [0.25, 0.3) is 0 Å². The highest BCUT2D eigenvalue weighted by atomic mass is 16.7. The summed E-state index contributed by atoms with van der Waals surface area (Å²) in [5.74, 6) is 0. The van der Waals surface area contributed by atoms with Crippen molar-refractivity contribution in [2.24, 2.45) is 0 Å². The Labute approximate surface area is 107 Å². The van der Waals surface area contributed by atoms with Gasteiger partial charge in [-0.3, -0.25) is 4.84 Å². The zero-order valence-electron chi connectivity index (χ0n) is 10.4. The Morgan fingerprint density at radius 3 is 2.61 bits per heavy atom. The van der Waals surface area contributed by atoms with Gasteiger partial charge in [-0.15, -0.1) is 0 Å². The minimum Gasteiger partial charge on any atom is -0.443 e. The summed E-state index contributed by atoms with van der Waals surface area (Å²) in [6, 6.07) is 9.57. The Morgan fingerprint density at radius 2 is 1.89 bits per heavy atom. The number of rotatable bonds is 4. The number of hydrogen-bond acceptors (Lipinski definition) is 3. The molecule has 1 N–H and O–H groups in total. The second-order valence-electron chi connectivity index (χ2n) is 4.54. The summed E-state index contributed by atoms with van der Waals surface area (Å²) < 4.78 is 5.04. The van der Waals surface area contributed by atoms with Crippen molar-refractivity contribution in [3.05, 3.63) is 35.9 Å². The Hall–Kier alpha value is -1.55. The van der Waals surface area contributed by atoms with Gasteiger partial charge in [-0.25, -0.2) is 4.79 Å². The van der Waals surface area contributed by atoms with Crippen molar-refractivity contribution in [1.29, 1.82) is 0 Å². The minimum atomic E-state index is -0.524. The first-order chi connectivity index (χ1) is 8.84. The van der Waals surface area contributed by atoms with E-state index in [1.165, 1.54) is 19.3 Å². The molecule has 1 aromatic rings. The molecule has 0 saturated heterocycles. The number of nitrogens with one attached hydrogen (secondary N) is 1. The largest absolute Gasteiger partial charge is 0.443 e. The average molecular weight is 249 g/mol. The van der Waals surface area contributed by atoms with Gasteiger partial charge in [0.15, 0.2) is 0 Å². The number of carbonyl (C=O) groups excluding carboxylic acids is 1. The second kappa shape index (κ2) is 7.01. The molecule has 1 aliphatic rings. The highest BCUT2D eigenvalue weighted by Crippen LogP contribution is 2.19. The lowest BCUT2D eigenvalue weighted by atomic mass is 9.98. The van der Waals surface area contributed by atoms with Crippen molar-refractivity contribution in [2.45, 2.75) is 44.8 Å². The fraction of sp³-hybridized carbons (Fsp3) is 0.500. The van der Waals surface area contributed by atoms with Crippen LogP contribution in [0.5, 0.6) is 0 Å². The third kappa shape index (κ3) is 4.37. The molecule has 1 fully saturated rings. The monoisotopic (exact) mass is 249 g/mol. The zero-order chi connectivity index (χ0) is 12.6. The Bertz CT molecular complexity index is 361. The quantitative estimate of drug-likeness (QED) is 0.834. The molecule has 4 nitrogen and oxygen atoms in total. The molecule has 0 spiro atoms. The maximum atomic E-state index is 11.4. The number of amides is 1. The van der Waals surface area contributed by atoms with Crippen LogP contribution in [0.15, 0.2) is 30.3 Å². The number of hydroxylamine groups is 1. The molecule has 0 radical (unpaired) electrons. The summed E-state index contributed by atoms with van der Waals surface area (Å²) in [6.07, 6.45) is 5.25. The molecule has 0 unspecified atom stereocenters. The van der Waals surface area contributed by atoms with Crippen LogP contribution in [0.3, 0.4) is 0 Å². The van der Waals surface area contributed by atoms with Gasteiger partial charge in [-0.2, -0.15) is 5.48 Å². The van der Waals surface area contributed by atoms with Gasteiger partial charge in [0, 0.05) is 0 Å². The van der Waals surface area contributed by atoms with Crippen LogP contribution in [0, 0.1) is 0 Å². The highest BCUT2D eigenvalue weighted by molar-refractivity contribution is 5.65. The van der Waals surface area contributed by atoms with Gasteiger partial charge < -0.3 is 4.74 Å². The molecule has 98 valence electrons. The second-order valence-corrected chi connectivity index (χ2v) is 4.54. The van der Waals surface area contributed by atoms with Gasteiger partial charge >= 0.3 is 6.09 Å². The molecule has 1 amide bonds. The standard InChI is InChI=1S/C14H19NO3/c16-14(15-18-13-9-5-2-6-10-13)17-11-12-7-3-1-4-8-12/h1,3-4,7-8,13H,2,5-6,9-11H2,(H,15,16). The molecule has 1 saturated carbocycles. The summed E-state index contributed by atoms with van der Waals surface area (Å²) in [7, 11) is 0. The van der Waals surface area contributed by atoms with E-state index in [9.17, 15) is 4.79 Å². The van der Waals surface area contributed by atoms with Crippen LogP contribution >= 0.6 is 0 Å². The third-order valence-corrected chi connectivity index (χ3v) is 3.07. The number of benzene rings is 1. The van der Waals surface area contributed by atoms with Crippen molar-refractivity contribution in [1.82, 2.24) is 5.48 Å². The average Bonchev–Trinajstić information content (AvgIpc) is 2.45. The predicted octanol–water partition coefficient (Wildman–Crippen LogP) is 3.18. The first kappa shape index (κ1) is 12.9. The lowest BCUT2D eigenvalue weighted by Crippen LogP contribution is -2.31. The van der Waals surface area contributed by atoms with E-state index < -0.39 is 6.09 Å². The van der Waals surface area contributed by atoms with Gasteiger partial charge in [0.1, 0.15) is 6.61 Å². The van der Waals surface area contributed by atoms with Crippen LogP contribution < -0.4 is 5.48 Å². The summed E-state index contributed by atoms with van der Waals surface area (Å²) in [5.41, 5.74) is 3.32. The van der Waals surface area contributed by atoms with Crippen LogP contribution in [0.25, 0.3) is 0 Å². The van der Waals surface area contributed by atoms with Crippen LogP contribution in [-0.2, 0) is 16.2 Å². The highest BCUT2D eigenvalue weighted by Gasteiger charge is 2.15. The first-order valence-electron chi connectivity index (χ1n) is 6.47. The summed E-state index contributed by atoms with van der Waals surface area (Å²) in [4.78, 5) is 16.7. The maximum absolute atomic E-state index is 11.4. The van der Waals surface area contributed by atoms with E-state index in [0.29, 0.717) is 0 Å². The van der Waals surface area contributed by atoms with Gasteiger partial charge in [-0.1, -0.05) is 49.6 Å². The van der Waals surface area contributed by atoms with Crippen LogP contribution in [-0.4, -0.2) is 12.2 Å². The molecule has 1 aromatic carbocycles. The van der Waals surface area contributed by atoms with E-state index in [1.807, 2.05) is 30.3 Å². The third-order valence-electron chi connectivity index (χ3n) is 3.07. The van der Waals surface area contributed by atoms with E-state index in [1.54, 1.807) is 0 Å². The number of carbonyl (C=O) groups is 1.